The molecule has 5 heteroatoms. The van der Waals surface area contributed by atoms with E-state index in [-0.39, 0.29) is 6.42 Å². The third-order valence-corrected chi connectivity index (χ3v) is 3.85. The number of hydrogen-bond acceptors (Lipinski definition) is 4. The molecule has 1 N–H and O–H groups in total. The first kappa shape index (κ1) is 15.3. The van der Waals surface area contributed by atoms with Crippen LogP contribution < -0.4 is 4.90 Å². The predicted octanol–water partition coefficient (Wildman–Crippen LogP) is 1.94. The topological polar surface area (TPSA) is 67.6 Å². The highest BCUT2D eigenvalue weighted by Gasteiger charge is 2.16. The van der Waals surface area contributed by atoms with Gasteiger partial charge in [0.15, 0.2) is 0 Å². The molecule has 1 heterocycles. The number of carboxylic acids is 1. The van der Waals surface area contributed by atoms with Crippen LogP contribution in [0.3, 0.4) is 0 Å². The highest BCUT2D eigenvalue weighted by Crippen LogP contribution is 2.20. The molecular formula is C16H21N3O2. The fraction of sp³-hybridized carbons (Fsp3) is 0.500. The van der Waals surface area contributed by atoms with Gasteiger partial charge in [-0.05, 0) is 38.1 Å². The molecule has 1 saturated heterocycles. The van der Waals surface area contributed by atoms with Crippen molar-refractivity contribution in [3.63, 3.8) is 0 Å². The molecule has 2 rings (SSSR count). The van der Waals surface area contributed by atoms with E-state index in [0.29, 0.717) is 12.1 Å². The Morgan fingerprint density at radius 3 is 2.67 bits per heavy atom. The average molecular weight is 287 g/mol. The van der Waals surface area contributed by atoms with E-state index in [1.165, 1.54) is 12.8 Å². The summed E-state index contributed by atoms with van der Waals surface area (Å²) in [6, 6.07) is 9.58. The fourth-order valence-corrected chi connectivity index (χ4v) is 2.70. The summed E-state index contributed by atoms with van der Waals surface area (Å²) in [4.78, 5) is 15.3. The van der Waals surface area contributed by atoms with Crippen LogP contribution in [0.5, 0.6) is 0 Å². The van der Waals surface area contributed by atoms with Crippen molar-refractivity contribution < 1.29 is 9.90 Å². The van der Waals surface area contributed by atoms with Crippen LogP contribution in [0.4, 0.5) is 5.69 Å². The maximum Gasteiger partial charge on any atom is 0.305 e. The minimum atomic E-state index is -0.810. The highest BCUT2D eigenvalue weighted by atomic mass is 16.4. The molecule has 0 saturated carbocycles. The van der Waals surface area contributed by atoms with Crippen LogP contribution in [0.25, 0.3) is 0 Å². The summed E-state index contributed by atoms with van der Waals surface area (Å²) in [7, 11) is 0. The molecule has 1 fully saturated rings. The number of rotatable bonds is 7. The van der Waals surface area contributed by atoms with E-state index < -0.39 is 5.97 Å². The average Bonchev–Trinajstić information content (AvgIpc) is 3.00. The summed E-state index contributed by atoms with van der Waals surface area (Å²) < 4.78 is 0. The molecule has 1 aliphatic heterocycles. The zero-order valence-electron chi connectivity index (χ0n) is 12.2. The molecule has 0 unspecified atom stereocenters. The molecule has 0 atom stereocenters. The van der Waals surface area contributed by atoms with Gasteiger partial charge in [0.25, 0.3) is 0 Å². The molecule has 0 amide bonds. The van der Waals surface area contributed by atoms with Gasteiger partial charge in [-0.25, -0.2) is 0 Å². The van der Waals surface area contributed by atoms with Crippen molar-refractivity contribution in [2.75, 3.05) is 37.6 Å². The quantitative estimate of drug-likeness (QED) is 0.830. The number of carbonyl (C=O) groups is 1. The lowest BCUT2D eigenvalue weighted by atomic mass is 10.1. The van der Waals surface area contributed by atoms with Crippen LogP contribution in [-0.4, -0.2) is 48.7 Å². The van der Waals surface area contributed by atoms with E-state index in [9.17, 15) is 10.1 Å². The van der Waals surface area contributed by atoms with Crippen molar-refractivity contribution in [2.45, 2.75) is 19.3 Å². The lowest BCUT2D eigenvalue weighted by Crippen LogP contribution is -2.35. The zero-order chi connectivity index (χ0) is 15.1. The van der Waals surface area contributed by atoms with E-state index >= 15 is 0 Å². The van der Waals surface area contributed by atoms with Crippen molar-refractivity contribution in [1.29, 1.82) is 5.26 Å². The standard InChI is InChI=1S/C16H21N3O2/c17-13-14-5-1-2-6-15(14)19(10-7-16(20)21)12-11-18-8-3-4-9-18/h1-2,5-6H,3-4,7-12H2,(H,20,21). The SMILES string of the molecule is N#Cc1ccccc1N(CCC(=O)O)CCN1CCCC1. The summed E-state index contributed by atoms with van der Waals surface area (Å²) >= 11 is 0. The van der Waals surface area contributed by atoms with Gasteiger partial charge in [0.05, 0.1) is 17.7 Å². The van der Waals surface area contributed by atoms with Gasteiger partial charge in [0, 0.05) is 19.6 Å². The smallest absolute Gasteiger partial charge is 0.305 e. The Kier molecular flexibility index (Phi) is 5.59. The Bertz CT molecular complexity index is 518. The van der Waals surface area contributed by atoms with E-state index in [0.717, 1.165) is 31.9 Å². The molecular weight excluding hydrogens is 266 g/mol. The summed E-state index contributed by atoms with van der Waals surface area (Å²) in [5.41, 5.74) is 1.43. The van der Waals surface area contributed by atoms with Crippen molar-refractivity contribution in [2.24, 2.45) is 0 Å². The lowest BCUT2D eigenvalue weighted by Gasteiger charge is -2.27. The van der Waals surface area contributed by atoms with Gasteiger partial charge in [0.2, 0.25) is 0 Å². The van der Waals surface area contributed by atoms with Gasteiger partial charge in [-0.3, -0.25) is 4.79 Å². The minimum Gasteiger partial charge on any atom is -0.481 e. The summed E-state index contributed by atoms with van der Waals surface area (Å²) in [5, 5.41) is 18.1. The number of nitriles is 1. The second-order valence-electron chi connectivity index (χ2n) is 5.31. The highest BCUT2D eigenvalue weighted by molar-refractivity contribution is 5.68. The molecule has 1 aromatic carbocycles. The first-order valence-electron chi connectivity index (χ1n) is 7.39. The third kappa shape index (κ3) is 4.47. The number of anilines is 1. The maximum absolute atomic E-state index is 10.8. The maximum atomic E-state index is 10.8. The van der Waals surface area contributed by atoms with E-state index in [4.69, 9.17) is 5.11 Å². The van der Waals surface area contributed by atoms with Crippen molar-refractivity contribution in [3.05, 3.63) is 29.8 Å². The molecule has 0 aromatic heterocycles. The molecule has 0 aliphatic carbocycles. The predicted molar refractivity (Wildman–Crippen MR) is 81.3 cm³/mol. The van der Waals surface area contributed by atoms with Crippen LogP contribution >= 0.6 is 0 Å². The fourth-order valence-electron chi connectivity index (χ4n) is 2.70. The number of carboxylic acid groups (broad SMARTS) is 1. The molecule has 112 valence electrons. The van der Waals surface area contributed by atoms with E-state index in [1.54, 1.807) is 6.07 Å². The van der Waals surface area contributed by atoms with Gasteiger partial charge >= 0.3 is 5.97 Å². The number of benzene rings is 1. The number of likely N-dealkylation sites (tertiary alicyclic amines) is 1. The summed E-state index contributed by atoms with van der Waals surface area (Å²) in [6.45, 7) is 4.34. The third-order valence-electron chi connectivity index (χ3n) is 3.85. The van der Waals surface area contributed by atoms with Crippen LogP contribution in [0, 0.1) is 11.3 Å². The van der Waals surface area contributed by atoms with E-state index in [1.807, 2.05) is 23.1 Å². The van der Waals surface area contributed by atoms with Gasteiger partial charge in [-0.2, -0.15) is 5.26 Å². The number of hydrogen-bond donors (Lipinski definition) is 1. The first-order valence-corrected chi connectivity index (χ1v) is 7.39. The molecule has 0 spiro atoms. The largest absolute Gasteiger partial charge is 0.481 e. The molecule has 1 aromatic rings. The first-order chi connectivity index (χ1) is 10.2. The van der Waals surface area contributed by atoms with Crippen LogP contribution in [0.15, 0.2) is 24.3 Å². The Morgan fingerprint density at radius 2 is 2.00 bits per heavy atom. The van der Waals surface area contributed by atoms with E-state index in [2.05, 4.69) is 11.0 Å². The monoisotopic (exact) mass is 287 g/mol. The second kappa shape index (κ2) is 7.65. The molecule has 1 aliphatic rings. The summed E-state index contributed by atoms with van der Waals surface area (Å²) in [5.74, 6) is -0.810. The van der Waals surface area contributed by atoms with Crippen LogP contribution in [0.1, 0.15) is 24.8 Å². The summed E-state index contributed by atoms with van der Waals surface area (Å²) in [6.07, 6.45) is 2.56. The van der Waals surface area contributed by atoms with Gasteiger partial charge < -0.3 is 14.9 Å². The molecule has 0 bridgehead atoms. The van der Waals surface area contributed by atoms with Gasteiger partial charge in [0.1, 0.15) is 6.07 Å². The zero-order valence-corrected chi connectivity index (χ0v) is 12.2. The lowest BCUT2D eigenvalue weighted by molar-refractivity contribution is -0.136. The van der Waals surface area contributed by atoms with Crippen LogP contribution in [0.2, 0.25) is 0 Å². The normalized spacial score (nSPS) is 14.8. The Morgan fingerprint density at radius 1 is 1.29 bits per heavy atom. The molecule has 5 nitrogen and oxygen atoms in total. The van der Waals surface area contributed by atoms with Crippen molar-refractivity contribution in [3.8, 4) is 6.07 Å². The van der Waals surface area contributed by atoms with Crippen molar-refractivity contribution >= 4 is 11.7 Å². The number of para-hydroxylation sites is 1. The Balaban J connectivity index is 2.06. The van der Waals surface area contributed by atoms with Crippen molar-refractivity contribution in [1.82, 2.24) is 4.90 Å². The number of aliphatic carboxylic acids is 1. The van der Waals surface area contributed by atoms with Gasteiger partial charge in [-0.1, -0.05) is 12.1 Å². The molecule has 21 heavy (non-hydrogen) atoms. The Labute approximate surface area is 125 Å². The number of nitrogens with zero attached hydrogens (tertiary/aromatic N) is 3. The molecule has 0 radical (unpaired) electrons. The second-order valence-corrected chi connectivity index (χ2v) is 5.31. The van der Waals surface area contributed by atoms with Gasteiger partial charge in [-0.15, -0.1) is 0 Å². The Hall–Kier alpha value is -2.06. The minimum absolute atomic E-state index is 0.0831. The van der Waals surface area contributed by atoms with Crippen LogP contribution in [-0.2, 0) is 4.79 Å².